The summed E-state index contributed by atoms with van der Waals surface area (Å²) in [7, 11) is 0. The summed E-state index contributed by atoms with van der Waals surface area (Å²) in [6.45, 7) is 3.71. The molecule has 0 atom stereocenters. The molecule has 0 saturated carbocycles. The fourth-order valence-electron chi connectivity index (χ4n) is 1.71. The number of hydrogen-bond donors (Lipinski definition) is 1. The van der Waals surface area contributed by atoms with E-state index in [1.165, 1.54) is 0 Å². The van der Waals surface area contributed by atoms with Crippen molar-refractivity contribution in [3.8, 4) is 5.75 Å². The zero-order chi connectivity index (χ0) is 13.1. The van der Waals surface area contributed by atoms with Gasteiger partial charge in [-0.15, -0.1) is 0 Å². The highest BCUT2D eigenvalue weighted by Crippen LogP contribution is 2.20. The average Bonchev–Trinajstić information content (AvgIpc) is 2.67. The van der Waals surface area contributed by atoms with Crippen molar-refractivity contribution in [2.24, 2.45) is 0 Å². The standard InChI is InChI=1S/C13H13ClN2O2/c1-8-6-10(9(2)16-8)11(17)7-18-12-4-3-5-15-13(12)14/h3-6,16H,7H2,1-2H3. The van der Waals surface area contributed by atoms with Crippen LogP contribution >= 0.6 is 11.6 Å². The molecule has 2 heterocycles. The molecule has 18 heavy (non-hydrogen) atoms. The van der Waals surface area contributed by atoms with Crippen LogP contribution in [0.25, 0.3) is 0 Å². The Balaban J connectivity index is 2.05. The van der Waals surface area contributed by atoms with Gasteiger partial charge < -0.3 is 9.72 Å². The van der Waals surface area contributed by atoms with E-state index < -0.39 is 0 Å². The molecule has 94 valence electrons. The smallest absolute Gasteiger partial charge is 0.202 e. The number of carbonyl (C=O) groups excluding carboxylic acids is 1. The fourth-order valence-corrected chi connectivity index (χ4v) is 1.89. The monoisotopic (exact) mass is 264 g/mol. The lowest BCUT2D eigenvalue weighted by atomic mass is 10.1. The van der Waals surface area contributed by atoms with Crippen LogP contribution in [-0.4, -0.2) is 22.4 Å². The second kappa shape index (κ2) is 5.23. The largest absolute Gasteiger partial charge is 0.482 e. The number of hydrogen-bond acceptors (Lipinski definition) is 3. The third kappa shape index (κ3) is 2.71. The number of ketones is 1. The third-order valence-electron chi connectivity index (χ3n) is 2.53. The van der Waals surface area contributed by atoms with Crippen molar-refractivity contribution in [1.29, 1.82) is 0 Å². The van der Waals surface area contributed by atoms with Gasteiger partial charge in [-0.2, -0.15) is 0 Å². The Morgan fingerprint density at radius 2 is 2.28 bits per heavy atom. The number of aromatic nitrogens is 2. The minimum atomic E-state index is -0.0863. The first-order valence-corrected chi connectivity index (χ1v) is 5.88. The molecule has 1 N–H and O–H groups in total. The maximum atomic E-state index is 12.0. The molecular formula is C13H13ClN2O2. The highest BCUT2D eigenvalue weighted by molar-refractivity contribution is 6.30. The summed E-state index contributed by atoms with van der Waals surface area (Å²) < 4.78 is 5.36. The Kier molecular flexibility index (Phi) is 3.67. The number of halogens is 1. The highest BCUT2D eigenvalue weighted by atomic mass is 35.5. The van der Waals surface area contributed by atoms with E-state index in [1.807, 2.05) is 19.9 Å². The van der Waals surface area contributed by atoms with Gasteiger partial charge in [0.2, 0.25) is 5.78 Å². The maximum absolute atomic E-state index is 12.0. The molecule has 2 aromatic rings. The highest BCUT2D eigenvalue weighted by Gasteiger charge is 2.13. The molecule has 0 amide bonds. The van der Waals surface area contributed by atoms with Crippen LogP contribution in [0.15, 0.2) is 24.4 Å². The van der Waals surface area contributed by atoms with Crippen molar-refractivity contribution in [3.05, 3.63) is 46.5 Å². The summed E-state index contributed by atoms with van der Waals surface area (Å²) in [4.78, 5) is 18.9. The van der Waals surface area contributed by atoms with Crippen molar-refractivity contribution in [2.45, 2.75) is 13.8 Å². The molecule has 0 fully saturated rings. The molecule has 0 saturated heterocycles. The number of pyridine rings is 1. The van der Waals surface area contributed by atoms with Gasteiger partial charge >= 0.3 is 0 Å². The lowest BCUT2D eigenvalue weighted by Crippen LogP contribution is -2.12. The van der Waals surface area contributed by atoms with Crippen LogP contribution in [0.1, 0.15) is 21.7 Å². The van der Waals surface area contributed by atoms with E-state index in [-0.39, 0.29) is 17.5 Å². The van der Waals surface area contributed by atoms with Gasteiger partial charge in [0.15, 0.2) is 17.5 Å². The molecule has 0 bridgehead atoms. The lowest BCUT2D eigenvalue weighted by Gasteiger charge is -2.05. The summed E-state index contributed by atoms with van der Waals surface area (Å²) in [6, 6.07) is 5.20. The number of nitrogens with one attached hydrogen (secondary N) is 1. The molecule has 2 rings (SSSR count). The quantitative estimate of drug-likeness (QED) is 0.682. The van der Waals surface area contributed by atoms with E-state index in [2.05, 4.69) is 9.97 Å². The predicted octanol–water partition coefficient (Wildman–Crippen LogP) is 2.94. The van der Waals surface area contributed by atoms with Crippen LogP contribution in [0.2, 0.25) is 5.15 Å². The van der Waals surface area contributed by atoms with Gasteiger partial charge in [0.05, 0.1) is 0 Å². The van der Waals surface area contributed by atoms with E-state index in [0.29, 0.717) is 11.3 Å². The van der Waals surface area contributed by atoms with Crippen molar-refractivity contribution in [3.63, 3.8) is 0 Å². The predicted molar refractivity (Wildman–Crippen MR) is 69.3 cm³/mol. The van der Waals surface area contributed by atoms with Gasteiger partial charge in [-0.3, -0.25) is 4.79 Å². The second-order valence-electron chi connectivity index (χ2n) is 4.00. The molecule has 0 spiro atoms. The molecule has 0 aliphatic carbocycles. The van der Waals surface area contributed by atoms with Crippen molar-refractivity contribution >= 4 is 17.4 Å². The number of ether oxygens (including phenoxy) is 1. The van der Waals surface area contributed by atoms with Gasteiger partial charge in [-0.1, -0.05) is 11.6 Å². The van der Waals surface area contributed by atoms with E-state index in [9.17, 15) is 4.79 Å². The molecule has 5 heteroatoms. The van der Waals surface area contributed by atoms with Crippen LogP contribution in [0.5, 0.6) is 5.75 Å². The van der Waals surface area contributed by atoms with Crippen molar-refractivity contribution < 1.29 is 9.53 Å². The number of carbonyl (C=O) groups is 1. The first kappa shape index (κ1) is 12.6. The number of H-pyrrole nitrogens is 1. The molecule has 0 radical (unpaired) electrons. The van der Waals surface area contributed by atoms with Crippen LogP contribution in [0.3, 0.4) is 0 Å². The SMILES string of the molecule is Cc1cc(C(=O)COc2cccnc2Cl)c(C)[nH]1. The van der Waals surface area contributed by atoms with Crippen molar-refractivity contribution in [2.75, 3.05) is 6.61 Å². The Morgan fingerprint density at radius 1 is 1.50 bits per heavy atom. The normalized spacial score (nSPS) is 10.4. The number of aryl methyl sites for hydroxylation is 2. The molecule has 0 unspecified atom stereocenters. The summed E-state index contributed by atoms with van der Waals surface area (Å²) >= 11 is 5.84. The number of aromatic amines is 1. The first-order valence-electron chi connectivity index (χ1n) is 5.50. The number of nitrogens with zero attached hydrogens (tertiary/aromatic N) is 1. The fraction of sp³-hybridized carbons (Fsp3) is 0.231. The first-order chi connectivity index (χ1) is 8.58. The van der Waals surface area contributed by atoms with Gasteiger partial charge in [0.1, 0.15) is 0 Å². The summed E-state index contributed by atoms with van der Waals surface area (Å²) in [5.41, 5.74) is 2.45. The number of Topliss-reactive ketones (excluding diaryl/α,β-unsaturated/α-hetero) is 1. The van der Waals surface area contributed by atoms with E-state index in [1.54, 1.807) is 18.3 Å². The molecule has 0 aromatic carbocycles. The summed E-state index contributed by atoms with van der Waals surface area (Å²) in [5, 5.41) is 0.257. The molecule has 4 nitrogen and oxygen atoms in total. The van der Waals surface area contributed by atoms with Gasteiger partial charge in [0, 0.05) is 23.1 Å². The lowest BCUT2D eigenvalue weighted by molar-refractivity contribution is 0.0921. The summed E-state index contributed by atoms with van der Waals surface area (Å²) in [5.74, 6) is 0.328. The molecule has 0 aliphatic rings. The zero-order valence-corrected chi connectivity index (χ0v) is 10.9. The topological polar surface area (TPSA) is 55.0 Å². The summed E-state index contributed by atoms with van der Waals surface area (Å²) in [6.07, 6.45) is 1.57. The van der Waals surface area contributed by atoms with E-state index in [0.717, 1.165) is 11.4 Å². The molecule has 2 aromatic heterocycles. The third-order valence-corrected chi connectivity index (χ3v) is 2.82. The molecular weight excluding hydrogens is 252 g/mol. The van der Waals surface area contributed by atoms with Crippen LogP contribution in [0, 0.1) is 13.8 Å². The second-order valence-corrected chi connectivity index (χ2v) is 4.35. The van der Waals surface area contributed by atoms with E-state index >= 15 is 0 Å². The zero-order valence-electron chi connectivity index (χ0n) is 10.2. The Morgan fingerprint density at radius 3 is 2.89 bits per heavy atom. The van der Waals surface area contributed by atoms with Gasteiger partial charge in [-0.25, -0.2) is 4.98 Å². The number of rotatable bonds is 4. The average molecular weight is 265 g/mol. The Bertz CT molecular complexity index is 578. The Labute approximate surface area is 110 Å². The molecule has 0 aliphatic heterocycles. The maximum Gasteiger partial charge on any atom is 0.202 e. The van der Waals surface area contributed by atoms with E-state index in [4.69, 9.17) is 16.3 Å². The van der Waals surface area contributed by atoms with Crippen molar-refractivity contribution in [1.82, 2.24) is 9.97 Å². The van der Waals surface area contributed by atoms with Crippen LogP contribution in [-0.2, 0) is 0 Å². The van der Waals surface area contributed by atoms with Gasteiger partial charge in [-0.05, 0) is 32.0 Å². The van der Waals surface area contributed by atoms with Gasteiger partial charge in [0.25, 0.3) is 0 Å². The van der Waals surface area contributed by atoms with Crippen LogP contribution in [0.4, 0.5) is 0 Å². The minimum absolute atomic E-state index is 0.0520. The Hall–Kier alpha value is -1.81. The minimum Gasteiger partial charge on any atom is -0.482 e. The van der Waals surface area contributed by atoms with Crippen LogP contribution < -0.4 is 4.74 Å².